The molecule has 0 aliphatic carbocycles. The van der Waals surface area contributed by atoms with Crippen molar-refractivity contribution in [1.29, 1.82) is 0 Å². The fourth-order valence-corrected chi connectivity index (χ4v) is 1.71. The van der Waals surface area contributed by atoms with E-state index in [1.807, 2.05) is 0 Å². The van der Waals surface area contributed by atoms with Crippen LogP contribution in [0.25, 0.3) is 11.0 Å². The molecule has 0 aliphatic rings. The normalized spacial score (nSPS) is 12.1. The van der Waals surface area contributed by atoms with E-state index in [1.54, 1.807) is 23.9 Å². The molecular formula is C8H7FN2O2S. The molecule has 0 aliphatic heterocycles. The van der Waals surface area contributed by atoms with Gasteiger partial charge in [-0.15, -0.1) is 3.89 Å². The van der Waals surface area contributed by atoms with Crippen molar-refractivity contribution in [1.82, 2.24) is 9.55 Å². The first-order valence-corrected chi connectivity index (χ1v) is 5.22. The van der Waals surface area contributed by atoms with Crippen molar-refractivity contribution in [3.8, 4) is 0 Å². The lowest BCUT2D eigenvalue weighted by Gasteiger charge is -1.96. The highest BCUT2D eigenvalue weighted by atomic mass is 32.3. The van der Waals surface area contributed by atoms with Gasteiger partial charge in [0.05, 0.1) is 6.20 Å². The minimum atomic E-state index is -4.66. The first-order chi connectivity index (χ1) is 6.48. The van der Waals surface area contributed by atoms with Gasteiger partial charge in [0.15, 0.2) is 0 Å². The van der Waals surface area contributed by atoms with Gasteiger partial charge < -0.3 is 4.57 Å². The monoisotopic (exact) mass is 214 g/mol. The first-order valence-electron chi connectivity index (χ1n) is 3.84. The Morgan fingerprint density at radius 3 is 2.86 bits per heavy atom. The number of hydrogen-bond acceptors (Lipinski definition) is 3. The van der Waals surface area contributed by atoms with Gasteiger partial charge in [0.2, 0.25) is 0 Å². The van der Waals surface area contributed by atoms with Crippen molar-refractivity contribution in [2.75, 3.05) is 0 Å². The quantitative estimate of drug-likeness (QED) is 0.671. The van der Waals surface area contributed by atoms with E-state index in [9.17, 15) is 12.3 Å². The summed E-state index contributed by atoms with van der Waals surface area (Å²) in [6.45, 7) is 0. The zero-order valence-corrected chi connectivity index (χ0v) is 8.12. The molecule has 0 atom stereocenters. The van der Waals surface area contributed by atoms with Crippen LogP contribution in [0, 0.1) is 0 Å². The Morgan fingerprint density at radius 2 is 2.21 bits per heavy atom. The maximum atomic E-state index is 12.6. The number of nitrogens with zero attached hydrogens (tertiary/aromatic N) is 2. The number of fused-ring (bicyclic) bond motifs is 1. The second kappa shape index (κ2) is 2.78. The van der Waals surface area contributed by atoms with E-state index in [1.165, 1.54) is 6.07 Å². The summed E-state index contributed by atoms with van der Waals surface area (Å²) in [6, 6.07) is 2.94. The second-order valence-corrected chi connectivity index (χ2v) is 4.30. The van der Waals surface area contributed by atoms with E-state index >= 15 is 0 Å². The molecule has 0 aromatic carbocycles. The number of aryl methyl sites for hydroxylation is 1. The summed E-state index contributed by atoms with van der Waals surface area (Å²) in [6.07, 6.45) is 2.74. The molecule has 0 fully saturated rings. The minimum absolute atomic E-state index is 0.406. The topological polar surface area (TPSA) is 52.0 Å². The summed E-state index contributed by atoms with van der Waals surface area (Å²) in [5.74, 6) is 0. The number of hydrogen-bond donors (Lipinski definition) is 0. The van der Waals surface area contributed by atoms with Crippen molar-refractivity contribution < 1.29 is 12.3 Å². The third kappa shape index (κ3) is 1.37. The van der Waals surface area contributed by atoms with E-state index in [4.69, 9.17) is 0 Å². The summed E-state index contributed by atoms with van der Waals surface area (Å²) < 4.78 is 35.4. The number of pyridine rings is 1. The van der Waals surface area contributed by atoms with Gasteiger partial charge in [0.1, 0.15) is 10.5 Å². The Bertz CT molecular complexity index is 588. The predicted octanol–water partition coefficient (Wildman–Crippen LogP) is 1.23. The minimum Gasteiger partial charge on any atom is -0.336 e. The van der Waals surface area contributed by atoms with Crippen LogP contribution in [0.2, 0.25) is 0 Å². The molecule has 0 spiro atoms. The van der Waals surface area contributed by atoms with E-state index < -0.39 is 15.1 Å². The van der Waals surface area contributed by atoms with E-state index in [0.717, 1.165) is 6.20 Å². The van der Waals surface area contributed by atoms with Crippen LogP contribution in [0.5, 0.6) is 0 Å². The van der Waals surface area contributed by atoms with Crippen LogP contribution < -0.4 is 0 Å². The average Bonchev–Trinajstić information content (AvgIpc) is 2.46. The Morgan fingerprint density at radius 1 is 1.50 bits per heavy atom. The van der Waals surface area contributed by atoms with Crippen molar-refractivity contribution >= 4 is 21.3 Å². The Balaban J connectivity index is 2.76. The molecule has 0 bridgehead atoms. The molecule has 0 saturated carbocycles. The van der Waals surface area contributed by atoms with Gasteiger partial charge in [0.25, 0.3) is 0 Å². The van der Waals surface area contributed by atoms with Crippen LogP contribution in [0.15, 0.2) is 29.4 Å². The van der Waals surface area contributed by atoms with Gasteiger partial charge in [-0.25, -0.2) is 4.98 Å². The maximum absolute atomic E-state index is 12.6. The van der Waals surface area contributed by atoms with Gasteiger partial charge >= 0.3 is 10.2 Å². The van der Waals surface area contributed by atoms with E-state index in [2.05, 4.69) is 4.98 Å². The highest BCUT2D eigenvalue weighted by molar-refractivity contribution is 7.86. The maximum Gasteiger partial charge on any atom is 0.333 e. The molecule has 4 nitrogen and oxygen atoms in total. The molecule has 0 unspecified atom stereocenters. The molecule has 2 heterocycles. The van der Waals surface area contributed by atoms with E-state index in [0.29, 0.717) is 11.0 Å². The molecule has 6 heteroatoms. The third-order valence-electron chi connectivity index (χ3n) is 1.96. The van der Waals surface area contributed by atoms with Gasteiger partial charge in [-0.3, -0.25) is 0 Å². The van der Waals surface area contributed by atoms with Gasteiger partial charge in [-0.2, -0.15) is 8.42 Å². The van der Waals surface area contributed by atoms with Crippen LogP contribution in [0.3, 0.4) is 0 Å². The van der Waals surface area contributed by atoms with Crippen molar-refractivity contribution in [2.24, 2.45) is 7.05 Å². The summed E-state index contributed by atoms with van der Waals surface area (Å²) >= 11 is 0. The third-order valence-corrected chi connectivity index (χ3v) is 2.75. The lowest BCUT2D eigenvalue weighted by Crippen LogP contribution is -1.94. The highest BCUT2D eigenvalue weighted by Gasteiger charge is 2.13. The Kier molecular flexibility index (Phi) is 1.81. The second-order valence-electron chi connectivity index (χ2n) is 2.95. The highest BCUT2D eigenvalue weighted by Crippen LogP contribution is 2.18. The Labute approximate surface area is 80.2 Å². The standard InChI is InChI=1S/C8H7FN2O2S/c1-11-3-2-6-4-7(14(9,12)13)5-10-8(6)11/h2-5H,1H3. The van der Waals surface area contributed by atoms with Gasteiger partial charge in [0, 0.05) is 18.6 Å². The lowest BCUT2D eigenvalue weighted by molar-refractivity contribution is 0.552. The van der Waals surface area contributed by atoms with E-state index in [-0.39, 0.29) is 0 Å². The molecular weight excluding hydrogens is 207 g/mol. The van der Waals surface area contributed by atoms with Crippen LogP contribution in [-0.4, -0.2) is 18.0 Å². The van der Waals surface area contributed by atoms with Crippen LogP contribution in [-0.2, 0) is 17.3 Å². The van der Waals surface area contributed by atoms with Crippen molar-refractivity contribution in [3.05, 3.63) is 24.5 Å². The predicted molar refractivity (Wildman–Crippen MR) is 49.0 cm³/mol. The molecule has 0 saturated heterocycles. The van der Waals surface area contributed by atoms with Crippen molar-refractivity contribution in [2.45, 2.75) is 4.90 Å². The van der Waals surface area contributed by atoms with Gasteiger partial charge in [-0.1, -0.05) is 0 Å². The number of rotatable bonds is 1. The number of aromatic nitrogens is 2. The lowest BCUT2D eigenvalue weighted by atomic mass is 10.3. The zero-order valence-electron chi connectivity index (χ0n) is 7.31. The molecule has 0 N–H and O–H groups in total. The largest absolute Gasteiger partial charge is 0.336 e. The summed E-state index contributed by atoms with van der Waals surface area (Å²) in [7, 11) is -2.88. The fourth-order valence-electron chi connectivity index (χ4n) is 1.27. The van der Waals surface area contributed by atoms with Crippen molar-refractivity contribution in [3.63, 3.8) is 0 Å². The molecule has 2 aromatic heterocycles. The summed E-state index contributed by atoms with van der Waals surface area (Å²) in [4.78, 5) is 3.44. The zero-order chi connectivity index (χ0) is 10.3. The van der Waals surface area contributed by atoms with Crippen LogP contribution in [0.1, 0.15) is 0 Å². The molecule has 2 aromatic rings. The summed E-state index contributed by atoms with van der Waals surface area (Å²) in [5.41, 5.74) is 0.623. The summed E-state index contributed by atoms with van der Waals surface area (Å²) in [5, 5.41) is 0.603. The van der Waals surface area contributed by atoms with Gasteiger partial charge in [-0.05, 0) is 12.1 Å². The molecule has 0 radical (unpaired) electrons. The van der Waals surface area contributed by atoms with Crippen LogP contribution >= 0.6 is 0 Å². The average molecular weight is 214 g/mol. The molecule has 0 amide bonds. The smallest absolute Gasteiger partial charge is 0.333 e. The number of halogens is 1. The first kappa shape index (κ1) is 9.14. The SMILES string of the molecule is Cn1ccc2cc(S(=O)(=O)F)cnc21. The molecule has 14 heavy (non-hydrogen) atoms. The molecule has 74 valence electrons. The van der Waals surface area contributed by atoms with Crippen LogP contribution in [0.4, 0.5) is 3.89 Å². The Hall–Kier alpha value is -1.43. The molecule has 2 rings (SSSR count). The fraction of sp³-hybridized carbons (Fsp3) is 0.125.